The lowest BCUT2D eigenvalue weighted by Crippen LogP contribution is -2.66. The minimum absolute atomic E-state index is 0.0342. The van der Waals surface area contributed by atoms with Gasteiger partial charge in [-0.1, -0.05) is 53.2 Å². The topological polar surface area (TPSA) is 154 Å². The van der Waals surface area contributed by atoms with E-state index in [0.717, 1.165) is 50.2 Å². The molecule has 5 aliphatic rings. The van der Waals surface area contributed by atoms with Crippen molar-refractivity contribution in [2.45, 2.75) is 106 Å². The van der Waals surface area contributed by atoms with E-state index in [0.29, 0.717) is 31.5 Å². The molecule has 0 amide bonds. The number of aromatic hydroxyl groups is 2. The van der Waals surface area contributed by atoms with Gasteiger partial charge in [0.1, 0.15) is 18.1 Å². The number of allylic oxidation sites excluding steroid dienone is 1. The number of carboxylic acid groups (broad SMARTS) is 1. The molecule has 7 atom stereocenters. The highest BCUT2D eigenvalue weighted by atomic mass is 16.5. The molecule has 9 nitrogen and oxygen atoms in total. The number of esters is 1. The first-order valence-electron chi connectivity index (χ1n) is 18.1. The van der Waals surface area contributed by atoms with Crippen LogP contribution in [0.25, 0.3) is 10.9 Å². The Bertz CT molecular complexity index is 1870. The monoisotopic (exact) mass is 673 g/mol. The number of hydrogen-bond acceptors (Lipinski definition) is 7. The molecule has 1 aromatic heterocycles. The highest BCUT2D eigenvalue weighted by Gasteiger charge is 2.71. The maximum Gasteiger partial charge on any atom is 0.354 e. The van der Waals surface area contributed by atoms with Gasteiger partial charge < -0.3 is 25.0 Å². The second-order valence-electron chi connectivity index (χ2n) is 18.1. The molecular weight excluding hydrogens is 622 g/mol. The van der Waals surface area contributed by atoms with Crippen LogP contribution in [-0.4, -0.2) is 44.6 Å². The van der Waals surface area contributed by atoms with Gasteiger partial charge in [0.05, 0.1) is 10.9 Å². The summed E-state index contributed by atoms with van der Waals surface area (Å²) in [6, 6.07) is 3.77. The molecule has 7 rings (SSSR count). The van der Waals surface area contributed by atoms with Crippen LogP contribution in [0.3, 0.4) is 0 Å². The van der Waals surface area contributed by atoms with E-state index >= 15 is 0 Å². The molecule has 0 saturated heterocycles. The quantitative estimate of drug-likeness (QED) is 0.148. The third-order valence-electron chi connectivity index (χ3n) is 15.1. The third kappa shape index (κ3) is 4.55. The van der Waals surface area contributed by atoms with Crippen LogP contribution in [0.4, 0.5) is 0 Å². The van der Waals surface area contributed by atoms with Crippen molar-refractivity contribution in [2.24, 2.45) is 50.2 Å². The van der Waals surface area contributed by atoms with E-state index in [9.17, 15) is 34.5 Å². The first-order valence-corrected chi connectivity index (χ1v) is 18.1. The number of rotatable bonds is 4. The van der Waals surface area contributed by atoms with Crippen LogP contribution in [0.15, 0.2) is 34.6 Å². The van der Waals surface area contributed by atoms with Gasteiger partial charge in [-0.05, 0) is 104 Å². The number of Topliss-reactive ketones (excluding diaryl/α,β-unsaturated/α-hetero) is 1. The van der Waals surface area contributed by atoms with E-state index in [1.54, 1.807) is 0 Å². The molecule has 0 radical (unpaired) electrons. The molecule has 264 valence electrons. The minimum Gasteiger partial charge on any atom is -0.504 e. The molecule has 4 N–H and O–H groups in total. The maximum atomic E-state index is 13.9. The molecule has 9 heteroatoms. The summed E-state index contributed by atoms with van der Waals surface area (Å²) >= 11 is 0. The number of carbonyl (C=O) groups is 3. The number of aliphatic carboxylic acids is 1. The van der Waals surface area contributed by atoms with Crippen molar-refractivity contribution in [3.63, 3.8) is 0 Å². The number of ether oxygens (including phenoxy) is 1. The van der Waals surface area contributed by atoms with Gasteiger partial charge in [0.25, 0.3) is 0 Å². The second kappa shape index (κ2) is 10.7. The van der Waals surface area contributed by atoms with Crippen molar-refractivity contribution >= 4 is 28.6 Å². The summed E-state index contributed by atoms with van der Waals surface area (Å²) < 4.78 is 6.27. The lowest BCUT2D eigenvalue weighted by Gasteiger charge is -2.70. The van der Waals surface area contributed by atoms with Crippen molar-refractivity contribution in [3.8, 4) is 11.5 Å². The number of aromatic amines is 1. The molecule has 4 saturated carbocycles. The van der Waals surface area contributed by atoms with E-state index in [2.05, 4.69) is 52.6 Å². The van der Waals surface area contributed by atoms with Crippen molar-refractivity contribution in [1.29, 1.82) is 0 Å². The SMILES string of the molecule is CC1(C)CC[C@]2(C(=O)O)CC[C@]3(COC(=O)c4cc(=O)c5ccc(O)c(O)c5[nH]4)C(=CCC4[C@@]5(C)CCC(=O)C(C)(C)C5CC[C@]43C)C2C1. The maximum absolute atomic E-state index is 13.9. The van der Waals surface area contributed by atoms with E-state index < -0.39 is 45.1 Å². The van der Waals surface area contributed by atoms with Gasteiger partial charge in [-0.25, -0.2) is 4.79 Å². The van der Waals surface area contributed by atoms with Gasteiger partial charge in [0.2, 0.25) is 0 Å². The molecule has 5 aliphatic carbocycles. The fourth-order valence-corrected chi connectivity index (χ4v) is 12.2. The number of aromatic nitrogens is 1. The molecule has 0 spiro atoms. The standard InChI is InChI=1S/C40H51NO8/c1-35(2)15-16-39(34(47)48)17-18-40(21-49-33(46)25-19-27(43)22-7-9-26(42)32(45)31(22)41-25)23(24(39)20-35)8-10-29-37(5)13-12-30(44)36(3,4)28(37)11-14-38(29,40)6/h7-9,19,24,28-29,42,45H,10-18,20-21H2,1-6H3,(H,41,43)(H,47,48)/t24?,28?,29?,37-,38+,39-,40-/m0/s1. The zero-order valence-corrected chi connectivity index (χ0v) is 29.7. The number of benzene rings is 1. The van der Waals surface area contributed by atoms with E-state index in [1.165, 1.54) is 12.1 Å². The molecule has 1 heterocycles. The Kier molecular flexibility index (Phi) is 7.39. The average Bonchev–Trinajstić information content (AvgIpc) is 3.03. The number of nitrogens with one attached hydrogen (secondary N) is 1. The average molecular weight is 674 g/mol. The Balaban J connectivity index is 1.34. The first-order chi connectivity index (χ1) is 22.8. The van der Waals surface area contributed by atoms with E-state index in [4.69, 9.17) is 4.74 Å². The Morgan fingerprint density at radius 1 is 0.939 bits per heavy atom. The van der Waals surface area contributed by atoms with Crippen molar-refractivity contribution in [1.82, 2.24) is 4.98 Å². The van der Waals surface area contributed by atoms with Crippen LogP contribution in [0.5, 0.6) is 11.5 Å². The van der Waals surface area contributed by atoms with Crippen molar-refractivity contribution in [2.75, 3.05) is 6.61 Å². The Morgan fingerprint density at radius 2 is 1.65 bits per heavy atom. The summed E-state index contributed by atoms with van der Waals surface area (Å²) in [7, 11) is 0. The number of ketones is 1. The molecule has 0 aliphatic heterocycles. The zero-order chi connectivity index (χ0) is 35.5. The van der Waals surface area contributed by atoms with Crippen LogP contribution in [-0.2, 0) is 14.3 Å². The number of carbonyl (C=O) groups excluding carboxylic acids is 2. The molecule has 2 aromatic rings. The summed E-state index contributed by atoms with van der Waals surface area (Å²) in [5.41, 5.74) is -2.01. The fourth-order valence-electron chi connectivity index (χ4n) is 12.2. The molecule has 49 heavy (non-hydrogen) atoms. The Labute approximate surface area is 287 Å². The summed E-state index contributed by atoms with van der Waals surface area (Å²) in [6.45, 7) is 13.4. The molecule has 4 fully saturated rings. The smallest absolute Gasteiger partial charge is 0.354 e. The van der Waals surface area contributed by atoms with Crippen molar-refractivity contribution < 1.29 is 34.4 Å². The number of carboxylic acids is 1. The number of H-pyrrole nitrogens is 1. The molecule has 1 aromatic carbocycles. The van der Waals surface area contributed by atoms with Gasteiger partial charge in [0, 0.05) is 28.7 Å². The lowest BCUT2D eigenvalue weighted by atomic mass is 9.33. The molecule has 3 unspecified atom stereocenters. The Morgan fingerprint density at radius 3 is 2.37 bits per heavy atom. The molecular formula is C40H51NO8. The highest BCUT2D eigenvalue weighted by Crippen LogP contribution is 2.75. The summed E-state index contributed by atoms with van der Waals surface area (Å²) in [5.74, 6) is -1.89. The zero-order valence-electron chi connectivity index (χ0n) is 29.7. The van der Waals surface area contributed by atoms with Gasteiger partial charge in [-0.15, -0.1) is 0 Å². The van der Waals surface area contributed by atoms with Gasteiger partial charge >= 0.3 is 11.9 Å². The van der Waals surface area contributed by atoms with Crippen LogP contribution in [0, 0.1) is 50.2 Å². The van der Waals surface area contributed by atoms with Crippen LogP contribution in [0.1, 0.15) is 116 Å². The summed E-state index contributed by atoms with van der Waals surface area (Å²) in [5, 5.41) is 31.5. The second-order valence-corrected chi connectivity index (χ2v) is 18.1. The van der Waals surface area contributed by atoms with Crippen molar-refractivity contribution in [3.05, 3.63) is 45.8 Å². The van der Waals surface area contributed by atoms with E-state index in [1.807, 2.05) is 0 Å². The minimum atomic E-state index is -0.873. The van der Waals surface area contributed by atoms with Crippen LogP contribution >= 0.6 is 0 Å². The Hall–Kier alpha value is -3.62. The normalized spacial score (nSPS) is 37.6. The fraction of sp³-hybridized carbons (Fsp3) is 0.650. The largest absolute Gasteiger partial charge is 0.504 e. The van der Waals surface area contributed by atoms with Gasteiger partial charge in [-0.3, -0.25) is 14.4 Å². The molecule has 0 bridgehead atoms. The van der Waals surface area contributed by atoms with Gasteiger partial charge in [-0.2, -0.15) is 0 Å². The van der Waals surface area contributed by atoms with Gasteiger partial charge in [0.15, 0.2) is 16.9 Å². The predicted molar refractivity (Wildman–Crippen MR) is 184 cm³/mol. The van der Waals surface area contributed by atoms with Crippen LogP contribution < -0.4 is 5.43 Å². The summed E-state index contributed by atoms with van der Waals surface area (Å²) in [4.78, 5) is 56.2. The van der Waals surface area contributed by atoms with E-state index in [-0.39, 0.29) is 57.2 Å². The summed E-state index contributed by atoms with van der Waals surface area (Å²) in [6.07, 6.45) is 9.41. The number of phenolic OH excluding ortho intramolecular Hbond substituents is 2. The lowest BCUT2D eigenvalue weighted by molar-refractivity contribution is -0.199. The first kappa shape index (κ1) is 33.9. The number of hydrogen-bond donors (Lipinski definition) is 4. The number of phenols is 2. The number of fused-ring (bicyclic) bond motifs is 8. The highest BCUT2D eigenvalue weighted by molar-refractivity contribution is 5.93. The predicted octanol–water partition coefficient (Wildman–Crippen LogP) is 7.53. The van der Waals surface area contributed by atoms with Crippen LogP contribution in [0.2, 0.25) is 0 Å². The number of pyridine rings is 1. The third-order valence-corrected chi connectivity index (χ3v) is 15.1.